The average molecular weight is 1270 g/mol. The predicted molar refractivity (Wildman–Crippen MR) is 312 cm³/mol. The summed E-state index contributed by atoms with van der Waals surface area (Å²) in [6.45, 7) is 11.2. The van der Waals surface area contributed by atoms with Gasteiger partial charge in [-0.15, -0.1) is 0 Å². The number of hydrogen-bond donors (Lipinski definition) is 3. The first-order chi connectivity index (χ1) is 38.0. The number of sulfonamides is 2. The van der Waals surface area contributed by atoms with Crippen molar-refractivity contribution in [3.8, 4) is 0 Å². The summed E-state index contributed by atoms with van der Waals surface area (Å²) in [5.74, 6) is 2.27. The summed E-state index contributed by atoms with van der Waals surface area (Å²) in [4.78, 5) is 47.5. The maximum atomic E-state index is 14.0. The zero-order valence-corrected chi connectivity index (χ0v) is 49.7. The lowest BCUT2D eigenvalue weighted by molar-refractivity contribution is 0.0599. The first kappa shape index (κ1) is 56.9. The van der Waals surface area contributed by atoms with Gasteiger partial charge < -0.3 is 39.3 Å². The molecule has 3 N–H and O–H groups in total. The number of ether oxygens (including phenoxy) is 2. The number of likely N-dealkylation sites (tertiary alicyclic amines) is 2. The van der Waals surface area contributed by atoms with Crippen molar-refractivity contribution in [3.63, 3.8) is 0 Å². The molecule has 0 radical (unpaired) electrons. The van der Waals surface area contributed by atoms with Gasteiger partial charge in [-0.1, -0.05) is 43.5 Å². The van der Waals surface area contributed by atoms with E-state index in [1.165, 1.54) is 19.5 Å². The van der Waals surface area contributed by atoms with Gasteiger partial charge in [0.05, 0.1) is 84.9 Å². The van der Waals surface area contributed by atoms with E-state index >= 15 is 0 Å². The van der Waals surface area contributed by atoms with E-state index < -0.39 is 20.0 Å². The lowest BCUT2D eigenvalue weighted by Crippen LogP contribution is -2.40. The third-order valence-electron chi connectivity index (χ3n) is 14.6. The third kappa shape index (κ3) is 13.7. The Labute approximate surface area is 481 Å². The Balaban J connectivity index is 0.000000167. The van der Waals surface area contributed by atoms with Gasteiger partial charge in [0.25, 0.3) is 11.8 Å². The van der Waals surface area contributed by atoms with Crippen LogP contribution in [-0.4, -0.2) is 172 Å². The molecule has 6 aliphatic rings. The first-order valence-corrected chi connectivity index (χ1v) is 32.5. The average Bonchev–Trinajstić information content (AvgIpc) is 4.29. The predicted octanol–water partition coefficient (Wildman–Crippen LogP) is 6.98. The van der Waals surface area contributed by atoms with Crippen molar-refractivity contribution in [1.82, 2.24) is 44.3 Å². The Morgan fingerprint density at radius 3 is 1.44 bits per heavy atom. The van der Waals surface area contributed by atoms with Gasteiger partial charge in [-0.05, 0) is 101 Å². The van der Waals surface area contributed by atoms with E-state index in [4.69, 9.17) is 36.3 Å². The fourth-order valence-corrected chi connectivity index (χ4v) is 12.5. The second-order valence-corrected chi connectivity index (χ2v) is 26.1. The monoisotopic (exact) mass is 1270 g/mol. The molecule has 6 aliphatic heterocycles. The van der Waals surface area contributed by atoms with Gasteiger partial charge in [-0.25, -0.2) is 26.8 Å². The minimum Gasteiger partial charge on any atom is -0.378 e. The highest BCUT2D eigenvalue weighted by molar-refractivity contribution is 9.10. The molecule has 4 aromatic heterocycles. The SMILES string of the molecule is C1CNC1.CS(=O)(=O)Nc1ccc(Br)cc1C(=O)N1CCCC[C@H]1c1cc2nc(Cl)cc(N3CCOCC3)n2n1.CS(=O)(=O)Nc1ccc(Br)cc1C(=O)N1CCCC[C@H]1c1cc2nc(N3CCC3)cc(N3CCOCC3)n2n1. The molecule has 2 atom stereocenters. The smallest absolute Gasteiger partial charge is 0.256 e. The topological polar surface area (TPSA) is 234 Å². The lowest BCUT2D eigenvalue weighted by Gasteiger charge is -2.35. The van der Waals surface area contributed by atoms with E-state index in [-0.39, 0.29) is 40.8 Å². The second-order valence-electron chi connectivity index (χ2n) is 20.4. The van der Waals surface area contributed by atoms with Crippen LogP contribution in [0.4, 0.5) is 28.8 Å². The normalized spacial score (nSPS) is 19.9. The molecular formula is C52H65Br2ClN14O8S2. The Morgan fingerprint density at radius 1 is 0.582 bits per heavy atom. The van der Waals surface area contributed by atoms with E-state index in [2.05, 4.69) is 72.4 Å². The van der Waals surface area contributed by atoms with Crippen LogP contribution in [-0.2, 0) is 29.5 Å². The minimum absolute atomic E-state index is 0.230. The van der Waals surface area contributed by atoms with E-state index in [1.807, 2.05) is 21.5 Å². The molecule has 6 aromatic rings. The van der Waals surface area contributed by atoms with Gasteiger partial charge in [-0.3, -0.25) is 19.0 Å². The zero-order chi connectivity index (χ0) is 55.4. The molecule has 0 bridgehead atoms. The molecule has 6 saturated heterocycles. The molecule has 2 amide bonds. The number of anilines is 5. The summed E-state index contributed by atoms with van der Waals surface area (Å²) in [5.41, 5.74) is 3.97. The fourth-order valence-electron chi connectivity index (χ4n) is 10.4. The molecule has 10 heterocycles. The van der Waals surface area contributed by atoms with Gasteiger partial charge in [0, 0.05) is 85.6 Å². The molecule has 0 saturated carbocycles. The van der Waals surface area contributed by atoms with E-state index in [0.29, 0.717) is 64.8 Å². The van der Waals surface area contributed by atoms with Crippen LogP contribution in [0.25, 0.3) is 11.3 Å². The van der Waals surface area contributed by atoms with Crippen LogP contribution in [0.1, 0.15) is 95.6 Å². The number of morpholine rings is 2. The highest BCUT2D eigenvalue weighted by Gasteiger charge is 2.35. The number of benzene rings is 2. The largest absolute Gasteiger partial charge is 0.378 e. The first-order valence-electron chi connectivity index (χ1n) is 26.7. The lowest BCUT2D eigenvalue weighted by atomic mass is 9.98. The summed E-state index contributed by atoms with van der Waals surface area (Å²) in [6.07, 6.45) is 9.83. The molecule has 0 unspecified atom stereocenters. The van der Waals surface area contributed by atoms with Crippen LogP contribution < -0.4 is 29.5 Å². The zero-order valence-electron chi connectivity index (χ0n) is 44.1. The van der Waals surface area contributed by atoms with Crippen LogP contribution in [0.2, 0.25) is 5.15 Å². The number of carbonyl (C=O) groups excluding carboxylic acids is 2. The van der Waals surface area contributed by atoms with Crippen LogP contribution in [0.3, 0.4) is 0 Å². The van der Waals surface area contributed by atoms with Crippen LogP contribution in [0.15, 0.2) is 69.6 Å². The fraction of sp³-hybridized carbons (Fsp3) is 0.500. The highest BCUT2D eigenvalue weighted by Crippen LogP contribution is 2.38. The Morgan fingerprint density at radius 2 is 1.03 bits per heavy atom. The molecule has 79 heavy (non-hydrogen) atoms. The van der Waals surface area contributed by atoms with Crippen molar-refractivity contribution in [3.05, 3.63) is 97.3 Å². The van der Waals surface area contributed by atoms with Crippen molar-refractivity contribution in [2.75, 3.05) is 129 Å². The molecule has 22 nitrogen and oxygen atoms in total. The van der Waals surface area contributed by atoms with Crippen molar-refractivity contribution >= 4 is 115 Å². The van der Waals surface area contributed by atoms with E-state index in [0.717, 1.165) is 131 Å². The molecule has 2 aromatic carbocycles. The van der Waals surface area contributed by atoms with Gasteiger partial charge in [0.15, 0.2) is 11.3 Å². The molecule has 424 valence electrons. The number of fused-ring (bicyclic) bond motifs is 2. The number of hydrogen-bond acceptors (Lipinski definition) is 16. The van der Waals surface area contributed by atoms with Crippen molar-refractivity contribution in [2.24, 2.45) is 0 Å². The van der Waals surface area contributed by atoms with Gasteiger partial charge >= 0.3 is 0 Å². The number of nitrogens with zero attached hydrogens (tertiary/aromatic N) is 11. The highest BCUT2D eigenvalue weighted by atomic mass is 79.9. The number of aromatic nitrogens is 6. The van der Waals surface area contributed by atoms with Crippen molar-refractivity contribution < 1.29 is 35.9 Å². The van der Waals surface area contributed by atoms with Gasteiger partial charge in [0.2, 0.25) is 20.0 Å². The quantitative estimate of drug-likeness (QED) is 0.111. The van der Waals surface area contributed by atoms with Crippen LogP contribution in [0.5, 0.6) is 0 Å². The maximum Gasteiger partial charge on any atom is 0.256 e. The van der Waals surface area contributed by atoms with Crippen LogP contribution >= 0.6 is 43.5 Å². The number of carbonyl (C=O) groups is 2. The molecule has 0 aliphatic carbocycles. The molecule has 6 fully saturated rings. The third-order valence-corrected chi connectivity index (χ3v) is 17.0. The molecule has 27 heteroatoms. The number of piperidine rings is 2. The Hall–Kier alpha value is -5.35. The Bertz CT molecular complexity index is 3420. The number of rotatable bonds is 11. The summed E-state index contributed by atoms with van der Waals surface area (Å²) >= 11 is 13.2. The second kappa shape index (κ2) is 24.8. The summed E-state index contributed by atoms with van der Waals surface area (Å²) < 4.78 is 68.9. The van der Waals surface area contributed by atoms with Gasteiger partial charge in [0.1, 0.15) is 22.6 Å². The summed E-state index contributed by atoms with van der Waals surface area (Å²) in [7, 11) is -7.13. The van der Waals surface area contributed by atoms with Gasteiger partial charge in [-0.2, -0.15) is 19.2 Å². The number of halogens is 3. The summed E-state index contributed by atoms with van der Waals surface area (Å²) in [6, 6.07) is 17.2. The maximum absolute atomic E-state index is 14.0. The van der Waals surface area contributed by atoms with Crippen LogP contribution in [0, 0.1) is 0 Å². The van der Waals surface area contributed by atoms with E-state index in [9.17, 15) is 26.4 Å². The number of nitrogens with one attached hydrogen (secondary N) is 3. The summed E-state index contributed by atoms with van der Waals surface area (Å²) in [5, 5.41) is 13.4. The molecule has 12 rings (SSSR count). The molecule has 0 spiro atoms. The minimum atomic E-state index is -3.57. The number of amides is 2. The van der Waals surface area contributed by atoms with Crippen molar-refractivity contribution in [2.45, 2.75) is 63.5 Å². The molecular weight excluding hydrogens is 1210 g/mol. The van der Waals surface area contributed by atoms with Crippen molar-refractivity contribution in [1.29, 1.82) is 0 Å². The van der Waals surface area contributed by atoms with E-state index in [1.54, 1.807) is 51.9 Å². The Kier molecular flexibility index (Phi) is 17.9. The standard InChI is InChI=1S/C26H32BrN7O4S.C23H26BrClN6O4S.C3H7N/c1-39(36,37)30-20-7-6-18(27)15-19(20)26(35)33-10-3-2-5-22(33)21-16-24-28-23(31-8-4-9-31)17-25(34(24)29-21)32-11-13-38-14-12-32;1-36(33,34)28-17-6-5-15(24)12-16(17)23(32)30-7-3-2-4-19(30)18-13-21-26-20(25)14-22(31(21)27-18)29-8-10-35-11-9-29;1-2-4-3-1/h6-7,15-17,22,30H,2-5,8-14H2,1H3;5-6,12-14,19,28H,2-4,7-11H2,1H3;4H,1-3H2/t22-;19-;/m00./s1.